The van der Waals surface area contributed by atoms with Crippen LogP contribution in [0.2, 0.25) is 0 Å². The van der Waals surface area contributed by atoms with Crippen molar-refractivity contribution < 1.29 is 18.3 Å². The van der Waals surface area contributed by atoms with Crippen molar-refractivity contribution in [3.63, 3.8) is 0 Å². The fourth-order valence-corrected chi connectivity index (χ4v) is 1.52. The van der Waals surface area contributed by atoms with Crippen LogP contribution >= 0.6 is 11.6 Å². The number of benzene rings is 1. The van der Waals surface area contributed by atoms with E-state index in [9.17, 15) is 13.6 Å². The lowest BCUT2D eigenvalue weighted by Gasteiger charge is -2.14. The van der Waals surface area contributed by atoms with E-state index in [2.05, 4.69) is 5.32 Å². The minimum Gasteiger partial charge on any atom is -0.370 e. The second kappa shape index (κ2) is 6.82. The Kier molecular flexibility index (Phi) is 5.69. The summed E-state index contributed by atoms with van der Waals surface area (Å²) in [6.45, 7) is 1.99. The number of alkyl halides is 3. The number of carbonyl (C=O) groups excluding carboxylic acids is 1. The number of ether oxygens (including phenoxy) is 1. The lowest BCUT2D eigenvalue weighted by Crippen LogP contribution is -2.19. The minimum atomic E-state index is -2.87. The second-order valence-corrected chi connectivity index (χ2v) is 4.67. The zero-order chi connectivity index (χ0) is 14.5. The van der Waals surface area contributed by atoms with Crippen LogP contribution in [0, 0.1) is 6.92 Å². The molecule has 0 spiro atoms. The van der Waals surface area contributed by atoms with Crippen molar-refractivity contribution in [1.29, 1.82) is 0 Å². The molecule has 0 aliphatic rings. The smallest absolute Gasteiger partial charge is 0.268 e. The van der Waals surface area contributed by atoms with Gasteiger partial charge in [-0.25, -0.2) is 8.78 Å². The van der Waals surface area contributed by atoms with Gasteiger partial charge in [0.05, 0.1) is 6.61 Å². The fourth-order valence-electron chi connectivity index (χ4n) is 1.46. The van der Waals surface area contributed by atoms with Gasteiger partial charge in [0.25, 0.3) is 5.92 Å². The SMILES string of the molecule is Cc1ccc(COCC(C)(F)F)c(NC(=O)CCl)c1. The lowest BCUT2D eigenvalue weighted by molar-refractivity contribution is -0.114. The molecule has 0 aliphatic carbocycles. The number of carbonyl (C=O) groups is 1. The normalized spacial score (nSPS) is 11.4. The monoisotopic (exact) mass is 291 g/mol. The first-order valence-corrected chi connectivity index (χ1v) is 6.26. The van der Waals surface area contributed by atoms with Crippen LogP contribution in [0.4, 0.5) is 14.5 Å². The summed E-state index contributed by atoms with van der Waals surface area (Å²) in [6, 6.07) is 5.29. The predicted octanol–water partition coefficient (Wildman–Crippen LogP) is 3.34. The molecule has 0 heterocycles. The topological polar surface area (TPSA) is 38.3 Å². The maximum atomic E-state index is 12.6. The highest BCUT2D eigenvalue weighted by molar-refractivity contribution is 6.29. The minimum absolute atomic E-state index is 0.00160. The summed E-state index contributed by atoms with van der Waals surface area (Å²) in [4.78, 5) is 11.3. The van der Waals surface area contributed by atoms with Crippen LogP contribution in [0.5, 0.6) is 0 Å². The van der Waals surface area contributed by atoms with E-state index in [-0.39, 0.29) is 18.4 Å². The van der Waals surface area contributed by atoms with Crippen LogP contribution in [-0.4, -0.2) is 24.3 Å². The zero-order valence-electron chi connectivity index (χ0n) is 10.8. The first-order chi connectivity index (χ1) is 8.81. The molecule has 106 valence electrons. The molecule has 0 saturated heterocycles. The Balaban J connectivity index is 2.73. The molecule has 0 radical (unpaired) electrons. The van der Waals surface area contributed by atoms with Gasteiger partial charge in [0.2, 0.25) is 5.91 Å². The van der Waals surface area contributed by atoms with Crippen LogP contribution in [0.3, 0.4) is 0 Å². The maximum absolute atomic E-state index is 12.6. The van der Waals surface area contributed by atoms with Crippen LogP contribution < -0.4 is 5.32 Å². The molecule has 0 fully saturated rings. The van der Waals surface area contributed by atoms with Gasteiger partial charge < -0.3 is 10.1 Å². The molecule has 0 aromatic heterocycles. The summed E-state index contributed by atoms with van der Waals surface area (Å²) < 4.78 is 30.2. The van der Waals surface area contributed by atoms with Crippen LogP contribution in [0.25, 0.3) is 0 Å². The average Bonchev–Trinajstić information content (AvgIpc) is 2.30. The number of hydrogen-bond acceptors (Lipinski definition) is 2. The molecule has 1 amide bonds. The number of rotatable bonds is 6. The summed E-state index contributed by atoms with van der Waals surface area (Å²) in [7, 11) is 0. The van der Waals surface area contributed by atoms with Gasteiger partial charge in [-0.3, -0.25) is 4.79 Å². The quantitative estimate of drug-likeness (QED) is 0.816. The van der Waals surface area contributed by atoms with Crippen molar-refractivity contribution in [3.8, 4) is 0 Å². The van der Waals surface area contributed by atoms with E-state index in [4.69, 9.17) is 16.3 Å². The summed E-state index contributed by atoms with van der Waals surface area (Å²) in [5.74, 6) is -3.39. The van der Waals surface area contributed by atoms with Crippen LogP contribution in [0.15, 0.2) is 18.2 Å². The zero-order valence-corrected chi connectivity index (χ0v) is 11.6. The molecule has 1 rings (SSSR count). The third kappa shape index (κ3) is 5.98. The van der Waals surface area contributed by atoms with Gasteiger partial charge in [0.15, 0.2) is 0 Å². The summed E-state index contributed by atoms with van der Waals surface area (Å²) in [5, 5.41) is 2.61. The first-order valence-electron chi connectivity index (χ1n) is 5.73. The van der Waals surface area contributed by atoms with Gasteiger partial charge >= 0.3 is 0 Å². The van der Waals surface area contributed by atoms with E-state index in [1.54, 1.807) is 12.1 Å². The van der Waals surface area contributed by atoms with Crippen molar-refractivity contribution in [3.05, 3.63) is 29.3 Å². The van der Waals surface area contributed by atoms with Crippen molar-refractivity contribution in [2.45, 2.75) is 26.4 Å². The molecule has 1 aromatic carbocycles. The van der Waals surface area contributed by atoms with Crippen LogP contribution in [0.1, 0.15) is 18.1 Å². The summed E-state index contributed by atoms with van der Waals surface area (Å²) in [6.07, 6.45) is 0. The van der Waals surface area contributed by atoms with Crippen molar-refractivity contribution in [1.82, 2.24) is 0 Å². The van der Waals surface area contributed by atoms with Crippen molar-refractivity contribution >= 4 is 23.2 Å². The molecule has 6 heteroatoms. The van der Waals surface area contributed by atoms with E-state index in [1.807, 2.05) is 13.0 Å². The highest BCUT2D eigenvalue weighted by Crippen LogP contribution is 2.20. The molecule has 0 aliphatic heterocycles. The van der Waals surface area contributed by atoms with Gasteiger partial charge in [-0.15, -0.1) is 11.6 Å². The van der Waals surface area contributed by atoms with E-state index in [1.165, 1.54) is 0 Å². The number of nitrogens with one attached hydrogen (secondary N) is 1. The number of amides is 1. The molecule has 3 nitrogen and oxygen atoms in total. The molecular formula is C13H16ClF2NO2. The highest BCUT2D eigenvalue weighted by atomic mass is 35.5. The number of anilines is 1. The van der Waals surface area contributed by atoms with E-state index in [0.717, 1.165) is 12.5 Å². The van der Waals surface area contributed by atoms with Gasteiger partial charge in [-0.05, 0) is 18.6 Å². The Bertz CT molecular complexity index is 447. The Morgan fingerprint density at radius 1 is 1.47 bits per heavy atom. The highest BCUT2D eigenvalue weighted by Gasteiger charge is 2.21. The molecule has 1 N–H and O–H groups in total. The Labute approximate surface area is 115 Å². The van der Waals surface area contributed by atoms with Gasteiger partial charge in [-0.1, -0.05) is 12.1 Å². The third-order valence-corrected chi connectivity index (χ3v) is 2.52. The number of aryl methyl sites for hydroxylation is 1. The molecule has 0 saturated carbocycles. The molecular weight excluding hydrogens is 276 g/mol. The predicted molar refractivity (Wildman–Crippen MR) is 70.8 cm³/mol. The van der Waals surface area contributed by atoms with E-state index >= 15 is 0 Å². The average molecular weight is 292 g/mol. The van der Waals surface area contributed by atoms with Crippen molar-refractivity contribution in [2.75, 3.05) is 17.8 Å². The number of halogens is 3. The van der Waals surface area contributed by atoms with E-state index in [0.29, 0.717) is 11.3 Å². The first kappa shape index (κ1) is 15.9. The Morgan fingerprint density at radius 3 is 2.74 bits per heavy atom. The Hall–Kier alpha value is -1.20. The molecule has 1 aromatic rings. The largest absolute Gasteiger partial charge is 0.370 e. The molecule has 0 unspecified atom stereocenters. The van der Waals surface area contributed by atoms with Crippen molar-refractivity contribution in [2.24, 2.45) is 0 Å². The van der Waals surface area contributed by atoms with Gasteiger partial charge in [0, 0.05) is 18.2 Å². The van der Waals surface area contributed by atoms with Gasteiger partial charge in [0.1, 0.15) is 12.5 Å². The fraction of sp³-hybridized carbons (Fsp3) is 0.462. The lowest BCUT2D eigenvalue weighted by atomic mass is 10.1. The third-order valence-electron chi connectivity index (χ3n) is 2.27. The van der Waals surface area contributed by atoms with E-state index < -0.39 is 12.5 Å². The maximum Gasteiger partial charge on any atom is 0.268 e. The standard InChI is InChI=1S/C13H16ClF2NO2/c1-9-3-4-10(7-19-8-13(2,15)16)11(5-9)17-12(18)6-14/h3-5H,6-8H2,1-2H3,(H,17,18). The molecule has 0 bridgehead atoms. The molecule has 19 heavy (non-hydrogen) atoms. The Morgan fingerprint density at radius 2 is 2.16 bits per heavy atom. The van der Waals surface area contributed by atoms with Gasteiger partial charge in [-0.2, -0.15) is 0 Å². The second-order valence-electron chi connectivity index (χ2n) is 4.41. The summed E-state index contributed by atoms with van der Waals surface area (Å²) in [5.41, 5.74) is 2.10. The van der Waals surface area contributed by atoms with Crippen LogP contribution in [-0.2, 0) is 16.1 Å². The number of hydrogen-bond donors (Lipinski definition) is 1. The molecule has 0 atom stereocenters. The summed E-state index contributed by atoms with van der Waals surface area (Å²) >= 11 is 5.42.